The van der Waals surface area contributed by atoms with Crippen LogP contribution in [-0.2, 0) is 0 Å². The minimum atomic E-state index is -0.00714. The average molecular weight is 268 g/mol. The highest BCUT2D eigenvalue weighted by atomic mass is 15.3. The second-order valence-corrected chi connectivity index (χ2v) is 6.52. The van der Waals surface area contributed by atoms with Crippen LogP contribution >= 0.6 is 0 Å². The van der Waals surface area contributed by atoms with E-state index in [-0.39, 0.29) is 5.54 Å². The lowest BCUT2D eigenvalue weighted by Crippen LogP contribution is -2.31. The van der Waals surface area contributed by atoms with Crippen LogP contribution in [0.1, 0.15) is 52.2 Å². The first-order valence-corrected chi connectivity index (χ1v) is 7.13. The molecule has 0 heterocycles. The molecule has 0 bridgehead atoms. The molecule has 0 saturated carbocycles. The summed E-state index contributed by atoms with van der Waals surface area (Å²) in [5.74, 6) is 0. The van der Waals surface area contributed by atoms with Crippen LogP contribution in [-0.4, -0.2) is 11.8 Å². The van der Waals surface area contributed by atoms with E-state index in [9.17, 15) is 0 Å². The Morgan fingerprint density at radius 3 is 2.45 bits per heavy atom. The summed E-state index contributed by atoms with van der Waals surface area (Å²) in [6.07, 6.45) is 5.26. The predicted molar refractivity (Wildman–Crippen MR) is 87.9 cm³/mol. The van der Waals surface area contributed by atoms with Gasteiger partial charge in [0.15, 0.2) is 0 Å². The van der Waals surface area contributed by atoms with Crippen molar-refractivity contribution in [1.82, 2.24) is 5.43 Å². The van der Waals surface area contributed by atoms with Crippen LogP contribution in [0.3, 0.4) is 0 Å². The van der Waals surface area contributed by atoms with Crippen molar-refractivity contribution in [1.29, 1.82) is 0 Å². The minimum Gasteiger partial charge on any atom is -0.305 e. The molecule has 2 nitrogen and oxygen atoms in total. The van der Waals surface area contributed by atoms with Crippen LogP contribution in [0, 0.1) is 0 Å². The molecule has 1 aromatic carbocycles. The van der Waals surface area contributed by atoms with Crippen LogP contribution in [0.2, 0.25) is 0 Å². The van der Waals surface area contributed by atoms with Gasteiger partial charge in [-0.2, -0.15) is 5.10 Å². The largest absolute Gasteiger partial charge is 0.305 e. The quantitative estimate of drug-likeness (QED) is 0.632. The number of rotatable bonds is 3. The maximum atomic E-state index is 4.37. The van der Waals surface area contributed by atoms with Gasteiger partial charge in [-0.25, -0.2) is 0 Å². The zero-order valence-electron chi connectivity index (χ0n) is 13.1. The van der Waals surface area contributed by atoms with Crippen LogP contribution in [0.5, 0.6) is 0 Å². The van der Waals surface area contributed by atoms with E-state index in [0.717, 1.165) is 12.0 Å². The summed E-state index contributed by atoms with van der Waals surface area (Å²) in [7, 11) is 0. The predicted octanol–water partition coefficient (Wildman–Crippen LogP) is 4.53. The van der Waals surface area contributed by atoms with Crippen molar-refractivity contribution in [2.24, 2.45) is 5.10 Å². The molecule has 0 radical (unpaired) electrons. The number of hydrogen-bond acceptors (Lipinski definition) is 2. The molecule has 0 fully saturated rings. The first-order valence-electron chi connectivity index (χ1n) is 7.13. The molecule has 2 heteroatoms. The van der Waals surface area contributed by atoms with Crippen molar-refractivity contribution >= 4 is 11.8 Å². The molecule has 1 aliphatic carbocycles. The monoisotopic (exact) mass is 268 g/mol. The van der Waals surface area contributed by atoms with Gasteiger partial charge >= 0.3 is 0 Å². The van der Waals surface area contributed by atoms with Crippen molar-refractivity contribution in [3.8, 4) is 0 Å². The van der Waals surface area contributed by atoms with Gasteiger partial charge in [0.05, 0.1) is 6.21 Å². The third-order valence-electron chi connectivity index (χ3n) is 3.43. The Morgan fingerprint density at radius 1 is 1.15 bits per heavy atom. The number of benzene rings is 1. The van der Waals surface area contributed by atoms with Gasteiger partial charge in [-0.3, -0.25) is 0 Å². The van der Waals surface area contributed by atoms with Gasteiger partial charge in [-0.1, -0.05) is 41.5 Å². The van der Waals surface area contributed by atoms with Crippen LogP contribution in [0.15, 0.2) is 46.6 Å². The maximum Gasteiger partial charge on any atom is 0.0546 e. The lowest BCUT2D eigenvalue weighted by Gasteiger charge is -2.17. The van der Waals surface area contributed by atoms with Crippen LogP contribution < -0.4 is 5.43 Å². The van der Waals surface area contributed by atoms with Crippen LogP contribution in [0.4, 0.5) is 0 Å². The fourth-order valence-electron chi connectivity index (χ4n) is 2.23. The summed E-state index contributed by atoms with van der Waals surface area (Å²) in [4.78, 5) is 0. The highest BCUT2D eigenvalue weighted by molar-refractivity contribution is 5.90. The lowest BCUT2D eigenvalue weighted by molar-refractivity contribution is 0.442. The molecule has 1 aliphatic rings. The Bertz CT molecular complexity index is 584. The Balaban J connectivity index is 2.22. The molecular weight excluding hydrogens is 244 g/mol. The van der Waals surface area contributed by atoms with Crippen molar-refractivity contribution in [2.75, 3.05) is 0 Å². The summed E-state index contributed by atoms with van der Waals surface area (Å²) in [5, 5.41) is 4.37. The van der Waals surface area contributed by atoms with Crippen molar-refractivity contribution < 1.29 is 0 Å². The van der Waals surface area contributed by atoms with Crippen molar-refractivity contribution in [3.05, 3.63) is 52.6 Å². The molecule has 1 N–H and O–H groups in total. The first-order chi connectivity index (χ1) is 9.37. The van der Waals surface area contributed by atoms with Gasteiger partial charge in [-0.05, 0) is 52.2 Å². The van der Waals surface area contributed by atoms with E-state index in [1.54, 1.807) is 0 Å². The summed E-state index contributed by atoms with van der Waals surface area (Å²) in [5.41, 5.74) is 9.82. The Morgan fingerprint density at radius 2 is 1.85 bits per heavy atom. The van der Waals surface area contributed by atoms with Crippen LogP contribution in [0.25, 0.3) is 5.57 Å². The topological polar surface area (TPSA) is 24.4 Å². The average Bonchev–Trinajstić information content (AvgIpc) is 2.68. The van der Waals surface area contributed by atoms with E-state index in [2.05, 4.69) is 75.5 Å². The molecule has 2 rings (SSSR count). The number of allylic oxidation sites excluding steroid dienone is 4. The third kappa shape index (κ3) is 3.60. The minimum absolute atomic E-state index is 0.00714. The normalized spacial score (nSPS) is 15.9. The lowest BCUT2D eigenvalue weighted by atomic mass is 9.98. The Kier molecular flexibility index (Phi) is 4.12. The molecule has 0 aromatic heterocycles. The SMILES string of the molecule is CC1=C(C)CC(c2ccccc2/C=N/NC(C)(C)C)=C1. The molecular formula is C18H24N2. The molecule has 0 saturated heterocycles. The molecule has 0 aliphatic heterocycles. The second kappa shape index (κ2) is 5.66. The molecule has 0 unspecified atom stereocenters. The van der Waals surface area contributed by atoms with E-state index in [0.29, 0.717) is 0 Å². The van der Waals surface area contributed by atoms with Crippen molar-refractivity contribution in [2.45, 2.75) is 46.6 Å². The highest BCUT2D eigenvalue weighted by Crippen LogP contribution is 2.33. The molecule has 0 atom stereocenters. The number of nitrogens with zero attached hydrogens (tertiary/aromatic N) is 1. The first kappa shape index (κ1) is 14.6. The third-order valence-corrected chi connectivity index (χ3v) is 3.43. The fourth-order valence-corrected chi connectivity index (χ4v) is 2.23. The number of nitrogens with one attached hydrogen (secondary N) is 1. The van der Waals surface area contributed by atoms with Crippen molar-refractivity contribution in [3.63, 3.8) is 0 Å². The molecule has 1 aromatic rings. The zero-order valence-corrected chi connectivity index (χ0v) is 13.1. The summed E-state index contributed by atoms with van der Waals surface area (Å²) < 4.78 is 0. The Hall–Kier alpha value is -1.83. The molecule has 0 spiro atoms. The van der Waals surface area contributed by atoms with Gasteiger partial charge in [0.25, 0.3) is 0 Å². The van der Waals surface area contributed by atoms with E-state index in [1.807, 2.05) is 6.21 Å². The fraction of sp³-hybridized carbons (Fsp3) is 0.389. The van der Waals surface area contributed by atoms with Gasteiger partial charge < -0.3 is 5.43 Å². The number of hydrazone groups is 1. The number of hydrogen-bond donors (Lipinski definition) is 1. The van der Waals surface area contributed by atoms with E-state index < -0.39 is 0 Å². The maximum absolute atomic E-state index is 4.37. The Labute approximate surface area is 122 Å². The smallest absolute Gasteiger partial charge is 0.0546 e. The van der Waals surface area contributed by atoms with E-state index >= 15 is 0 Å². The highest BCUT2D eigenvalue weighted by Gasteiger charge is 2.13. The zero-order chi connectivity index (χ0) is 14.8. The summed E-state index contributed by atoms with van der Waals surface area (Å²) >= 11 is 0. The van der Waals surface area contributed by atoms with Gasteiger partial charge in [-0.15, -0.1) is 0 Å². The molecule has 20 heavy (non-hydrogen) atoms. The van der Waals surface area contributed by atoms with Gasteiger partial charge in [0, 0.05) is 11.1 Å². The summed E-state index contributed by atoms with van der Waals surface area (Å²) in [6, 6.07) is 8.45. The van der Waals surface area contributed by atoms with Gasteiger partial charge in [0.2, 0.25) is 0 Å². The van der Waals surface area contributed by atoms with Gasteiger partial charge in [0.1, 0.15) is 0 Å². The summed E-state index contributed by atoms with van der Waals surface area (Å²) in [6.45, 7) is 10.7. The van der Waals surface area contributed by atoms with E-state index in [4.69, 9.17) is 0 Å². The molecule has 106 valence electrons. The van der Waals surface area contributed by atoms with E-state index in [1.165, 1.54) is 22.3 Å². The standard InChI is InChI=1S/C18H24N2/c1-13-10-16(11-14(13)2)17-9-7-6-8-15(17)12-19-20-18(3,4)5/h6-10,12,20H,11H2,1-5H3/b19-12+. The molecule has 0 amide bonds. The second-order valence-electron chi connectivity index (χ2n) is 6.52.